The molecule has 0 saturated carbocycles. The first-order valence-electron chi connectivity index (χ1n) is 12.0. The number of hydrogen-bond donors (Lipinski definition) is 1. The lowest BCUT2D eigenvalue weighted by Gasteiger charge is -2.31. The highest BCUT2D eigenvalue weighted by Crippen LogP contribution is 2.41. The highest BCUT2D eigenvalue weighted by atomic mass is 35.5. The first kappa shape index (κ1) is 26.4. The van der Waals surface area contributed by atoms with Crippen LogP contribution in [0.2, 0.25) is 10.0 Å². The zero-order chi connectivity index (χ0) is 27.0. The van der Waals surface area contributed by atoms with Crippen LogP contribution in [0, 0.1) is 0 Å². The van der Waals surface area contributed by atoms with Gasteiger partial charge in [-0.2, -0.15) is 17.9 Å². The Hall–Kier alpha value is -3.20. The fraction of sp³-hybridized carbons (Fsp3) is 0.250. The molecule has 0 bridgehead atoms. The molecule has 0 radical (unpaired) electrons. The molecular weight excluding hydrogens is 540 g/mol. The van der Waals surface area contributed by atoms with E-state index in [9.17, 15) is 23.2 Å². The minimum Gasteiger partial charge on any atom is -0.458 e. The Balaban J connectivity index is 1.38. The number of carbonyl (C=O) groups is 1. The van der Waals surface area contributed by atoms with Gasteiger partial charge in [-0.25, -0.2) is 4.79 Å². The van der Waals surface area contributed by atoms with E-state index in [1.54, 1.807) is 0 Å². The number of fused-ring (bicyclic) bond motifs is 1. The molecule has 1 saturated heterocycles. The molecule has 5 nitrogen and oxygen atoms in total. The lowest BCUT2D eigenvalue weighted by molar-refractivity contribution is -0.136. The van der Waals surface area contributed by atoms with Crippen molar-refractivity contribution in [3.05, 3.63) is 93.6 Å². The molecule has 4 aromatic rings. The molecule has 0 unspecified atom stereocenters. The molecule has 3 aromatic carbocycles. The summed E-state index contributed by atoms with van der Waals surface area (Å²) in [6.07, 6.45) is -3.99. The zero-order valence-corrected chi connectivity index (χ0v) is 21.5. The van der Waals surface area contributed by atoms with E-state index >= 15 is 0 Å². The Morgan fingerprint density at radius 2 is 1.71 bits per heavy atom. The van der Waals surface area contributed by atoms with Crippen LogP contribution in [0.1, 0.15) is 34.5 Å². The summed E-state index contributed by atoms with van der Waals surface area (Å²) in [5.74, 6) is -0.885. The summed E-state index contributed by atoms with van der Waals surface area (Å²) in [5, 5.41) is 10.9. The molecule has 10 heteroatoms. The molecule has 1 aromatic heterocycles. The van der Waals surface area contributed by atoms with Gasteiger partial charge in [-0.3, -0.25) is 4.90 Å². The Morgan fingerprint density at radius 1 is 1.00 bits per heavy atom. The van der Waals surface area contributed by atoms with Gasteiger partial charge in [-0.05, 0) is 54.3 Å². The minimum absolute atomic E-state index is 0.116. The van der Waals surface area contributed by atoms with Gasteiger partial charge in [0, 0.05) is 40.6 Å². The number of ether oxygens (including phenoxy) is 1. The van der Waals surface area contributed by atoms with Crippen molar-refractivity contribution >= 4 is 40.1 Å². The molecule has 1 fully saturated rings. The normalized spacial score (nSPS) is 15.2. The molecule has 5 rings (SSSR count). The highest BCUT2D eigenvalue weighted by Gasteiger charge is 2.35. The van der Waals surface area contributed by atoms with Gasteiger partial charge in [0.2, 0.25) is 0 Å². The third-order valence-electron chi connectivity index (χ3n) is 6.71. The molecule has 38 heavy (non-hydrogen) atoms. The molecular formula is C28H23Cl2F3N2O3. The SMILES string of the molecule is O=C(OC1CCN(Cc2ccccc2)CC1)c1cc2c(C(F)(F)F)cc(-c3ccc(Cl)cc3Cl)cc2n1O. The fourth-order valence-corrected chi connectivity index (χ4v) is 5.31. The van der Waals surface area contributed by atoms with E-state index in [2.05, 4.69) is 4.90 Å². The smallest absolute Gasteiger partial charge is 0.417 e. The molecule has 0 atom stereocenters. The summed E-state index contributed by atoms with van der Waals surface area (Å²) in [6, 6.07) is 17.7. The number of rotatable bonds is 5. The fourth-order valence-electron chi connectivity index (χ4n) is 4.79. The first-order valence-corrected chi connectivity index (χ1v) is 12.7. The molecule has 2 heterocycles. The number of aromatic nitrogens is 1. The molecule has 198 valence electrons. The predicted molar refractivity (Wildman–Crippen MR) is 140 cm³/mol. The summed E-state index contributed by atoms with van der Waals surface area (Å²) < 4.78 is 48.1. The quantitative estimate of drug-likeness (QED) is 0.200. The number of esters is 1. The lowest BCUT2D eigenvalue weighted by Crippen LogP contribution is -2.37. The number of piperidine rings is 1. The maximum Gasteiger partial charge on any atom is 0.417 e. The molecule has 1 aliphatic rings. The van der Waals surface area contributed by atoms with E-state index in [0.717, 1.165) is 18.7 Å². The van der Waals surface area contributed by atoms with Gasteiger partial charge >= 0.3 is 12.1 Å². The van der Waals surface area contributed by atoms with Gasteiger partial charge < -0.3 is 9.94 Å². The number of hydrogen-bond acceptors (Lipinski definition) is 4. The van der Waals surface area contributed by atoms with Crippen LogP contribution >= 0.6 is 23.2 Å². The third-order valence-corrected chi connectivity index (χ3v) is 7.26. The summed E-state index contributed by atoms with van der Waals surface area (Å²) in [5.41, 5.74) is 0.0308. The van der Waals surface area contributed by atoms with Gasteiger partial charge in [0.25, 0.3) is 0 Å². The summed E-state index contributed by atoms with van der Waals surface area (Å²) in [6.45, 7) is 2.20. The standard InChI is InChI=1S/C28H23Cl2F3N2O3/c29-19-6-7-21(24(30)14-19)18-12-23(28(31,32)33)22-15-26(35(37)25(22)13-18)27(36)38-20-8-10-34(11-9-20)16-17-4-2-1-3-5-17/h1-7,12-15,20,37H,8-11,16H2. The van der Waals surface area contributed by atoms with Crippen molar-refractivity contribution < 1.29 is 27.9 Å². The van der Waals surface area contributed by atoms with E-state index < -0.39 is 23.8 Å². The van der Waals surface area contributed by atoms with Crippen molar-refractivity contribution in [1.82, 2.24) is 9.63 Å². The van der Waals surface area contributed by atoms with E-state index in [0.29, 0.717) is 41.2 Å². The second-order valence-corrected chi connectivity index (χ2v) is 10.1. The van der Waals surface area contributed by atoms with Crippen LogP contribution in [-0.4, -0.2) is 40.0 Å². The van der Waals surface area contributed by atoms with Gasteiger partial charge in [0.1, 0.15) is 6.10 Å². The van der Waals surface area contributed by atoms with Crippen molar-refractivity contribution in [2.45, 2.75) is 31.7 Å². The van der Waals surface area contributed by atoms with E-state index in [1.165, 1.54) is 29.8 Å². The van der Waals surface area contributed by atoms with Gasteiger partial charge in [-0.15, -0.1) is 0 Å². The summed E-state index contributed by atoms with van der Waals surface area (Å²) in [4.78, 5) is 15.2. The molecule has 1 N–H and O–H groups in total. The van der Waals surface area contributed by atoms with Crippen LogP contribution in [0.15, 0.2) is 66.7 Å². The monoisotopic (exact) mass is 562 g/mol. The number of carbonyl (C=O) groups excluding carboxylic acids is 1. The number of likely N-dealkylation sites (tertiary alicyclic amines) is 1. The Kier molecular flexibility index (Phi) is 7.31. The van der Waals surface area contributed by atoms with Gasteiger partial charge in [0.15, 0.2) is 5.69 Å². The second kappa shape index (κ2) is 10.5. The number of benzene rings is 3. The number of halogens is 5. The predicted octanol–water partition coefficient (Wildman–Crippen LogP) is 7.69. The molecule has 0 aliphatic carbocycles. The third kappa shape index (κ3) is 5.48. The molecule has 0 amide bonds. The topological polar surface area (TPSA) is 54.7 Å². The summed E-state index contributed by atoms with van der Waals surface area (Å²) in [7, 11) is 0. The van der Waals surface area contributed by atoms with Crippen LogP contribution < -0.4 is 0 Å². The van der Waals surface area contributed by atoms with Crippen molar-refractivity contribution in [3.63, 3.8) is 0 Å². The van der Waals surface area contributed by atoms with Crippen molar-refractivity contribution in [2.24, 2.45) is 0 Å². The van der Waals surface area contributed by atoms with Crippen molar-refractivity contribution in [2.75, 3.05) is 13.1 Å². The van der Waals surface area contributed by atoms with Crippen LogP contribution in [0.4, 0.5) is 13.2 Å². The van der Waals surface area contributed by atoms with E-state index in [-0.39, 0.29) is 27.2 Å². The van der Waals surface area contributed by atoms with E-state index in [1.807, 2.05) is 30.3 Å². The zero-order valence-electron chi connectivity index (χ0n) is 20.0. The van der Waals surface area contributed by atoms with E-state index in [4.69, 9.17) is 27.9 Å². The highest BCUT2D eigenvalue weighted by molar-refractivity contribution is 6.36. The minimum atomic E-state index is -4.75. The number of alkyl halides is 3. The van der Waals surface area contributed by atoms with Crippen molar-refractivity contribution in [1.29, 1.82) is 0 Å². The maximum absolute atomic E-state index is 14.0. The molecule has 1 aliphatic heterocycles. The number of nitrogens with zero attached hydrogens (tertiary/aromatic N) is 2. The largest absolute Gasteiger partial charge is 0.458 e. The first-order chi connectivity index (χ1) is 18.1. The average Bonchev–Trinajstić information content (AvgIpc) is 3.21. The summed E-state index contributed by atoms with van der Waals surface area (Å²) >= 11 is 12.2. The van der Waals surface area contributed by atoms with Gasteiger partial charge in [-0.1, -0.05) is 59.6 Å². The molecule has 0 spiro atoms. The van der Waals surface area contributed by atoms with Crippen LogP contribution in [0.25, 0.3) is 22.0 Å². The maximum atomic E-state index is 14.0. The van der Waals surface area contributed by atoms with Crippen LogP contribution in [0.5, 0.6) is 0 Å². The van der Waals surface area contributed by atoms with Crippen LogP contribution in [0.3, 0.4) is 0 Å². The Bertz CT molecular complexity index is 1480. The van der Waals surface area contributed by atoms with Gasteiger partial charge in [0.05, 0.1) is 11.1 Å². The van der Waals surface area contributed by atoms with Crippen LogP contribution in [-0.2, 0) is 17.5 Å². The average molecular weight is 563 g/mol. The lowest BCUT2D eigenvalue weighted by atomic mass is 9.99. The Labute approximate surface area is 226 Å². The second-order valence-electron chi connectivity index (χ2n) is 9.29. The van der Waals surface area contributed by atoms with Crippen molar-refractivity contribution in [3.8, 4) is 11.1 Å². The Morgan fingerprint density at radius 3 is 2.37 bits per heavy atom.